The Morgan fingerprint density at radius 3 is 2.38 bits per heavy atom. The molecular weight excluding hydrogens is 486 g/mol. The van der Waals surface area contributed by atoms with E-state index in [0.29, 0.717) is 24.2 Å². The molecule has 1 N–H and O–H groups in total. The van der Waals surface area contributed by atoms with Crippen LogP contribution in [0.4, 0.5) is 5.69 Å². The van der Waals surface area contributed by atoms with Gasteiger partial charge in [0.05, 0.1) is 0 Å². The van der Waals surface area contributed by atoms with Crippen LogP contribution >= 0.6 is 0 Å². The first-order chi connectivity index (χ1) is 19.0. The van der Waals surface area contributed by atoms with Crippen LogP contribution in [-0.2, 0) is 9.59 Å². The number of aromatic nitrogens is 1. The van der Waals surface area contributed by atoms with Crippen LogP contribution in [0.1, 0.15) is 57.1 Å². The van der Waals surface area contributed by atoms with E-state index in [1.807, 2.05) is 67.6 Å². The maximum Gasteiger partial charge on any atom is 0.251 e. The number of nitrogens with one attached hydrogen (secondary N) is 1. The number of pyridine rings is 1. The highest BCUT2D eigenvalue weighted by atomic mass is 16.2. The van der Waals surface area contributed by atoms with Gasteiger partial charge >= 0.3 is 0 Å². The SMILES string of the molecule is C[C@@H]1C[C@H](C(=O)N(c2ccc(-c3ccccc3)cc2)[C@@H](C(=O)NC2CCCCC2)c2cccnc2)N(C#N)C1. The second-order valence-electron chi connectivity index (χ2n) is 10.8. The van der Waals surface area contributed by atoms with E-state index in [2.05, 4.69) is 16.5 Å². The van der Waals surface area contributed by atoms with Gasteiger partial charge in [0.15, 0.2) is 6.19 Å². The van der Waals surface area contributed by atoms with Gasteiger partial charge in [0.1, 0.15) is 12.1 Å². The first kappa shape index (κ1) is 26.4. The average molecular weight is 522 g/mol. The van der Waals surface area contributed by atoms with E-state index in [0.717, 1.165) is 36.8 Å². The topological polar surface area (TPSA) is 89.3 Å². The van der Waals surface area contributed by atoms with Crippen LogP contribution in [0.25, 0.3) is 11.1 Å². The second-order valence-corrected chi connectivity index (χ2v) is 10.8. The van der Waals surface area contributed by atoms with E-state index in [1.54, 1.807) is 28.3 Å². The third-order valence-electron chi connectivity index (χ3n) is 7.87. The van der Waals surface area contributed by atoms with Gasteiger partial charge in [-0.3, -0.25) is 24.4 Å². The molecule has 7 heteroatoms. The first-order valence-electron chi connectivity index (χ1n) is 13.9. The predicted octanol–water partition coefficient (Wildman–Crippen LogP) is 5.46. The van der Waals surface area contributed by atoms with Crippen LogP contribution in [0.3, 0.4) is 0 Å². The molecule has 1 aliphatic heterocycles. The van der Waals surface area contributed by atoms with Gasteiger partial charge in [-0.15, -0.1) is 0 Å². The second kappa shape index (κ2) is 12.1. The van der Waals surface area contributed by atoms with Gasteiger partial charge in [-0.05, 0) is 54.5 Å². The van der Waals surface area contributed by atoms with Crippen molar-refractivity contribution >= 4 is 17.5 Å². The molecule has 5 rings (SSSR count). The summed E-state index contributed by atoms with van der Waals surface area (Å²) in [6.45, 7) is 2.57. The fourth-order valence-corrected chi connectivity index (χ4v) is 5.88. The molecule has 2 aliphatic rings. The lowest BCUT2D eigenvalue weighted by molar-refractivity contribution is -0.128. The summed E-state index contributed by atoms with van der Waals surface area (Å²) < 4.78 is 0. The van der Waals surface area contributed by atoms with Crippen molar-refractivity contribution in [1.29, 1.82) is 5.26 Å². The molecule has 3 atom stereocenters. The molecule has 200 valence electrons. The molecule has 2 amide bonds. The monoisotopic (exact) mass is 521 g/mol. The van der Waals surface area contributed by atoms with Gasteiger partial charge in [-0.25, -0.2) is 0 Å². The van der Waals surface area contributed by atoms with E-state index in [-0.39, 0.29) is 23.8 Å². The number of nitriles is 1. The lowest BCUT2D eigenvalue weighted by Gasteiger charge is -2.35. The molecule has 1 aliphatic carbocycles. The number of anilines is 1. The highest BCUT2D eigenvalue weighted by Gasteiger charge is 2.42. The summed E-state index contributed by atoms with van der Waals surface area (Å²) in [5.41, 5.74) is 3.34. The fourth-order valence-electron chi connectivity index (χ4n) is 5.88. The summed E-state index contributed by atoms with van der Waals surface area (Å²) in [5.74, 6) is -0.264. The van der Waals surface area contributed by atoms with Crippen molar-refractivity contribution in [3.63, 3.8) is 0 Å². The standard InChI is InChI=1S/C32H35N5O2/c1-23-19-29(36(21-23)22-33)32(39)37(28-16-14-25(15-17-28)24-9-4-2-5-10-24)30(26-11-8-18-34-20-26)31(38)35-27-12-6-3-7-13-27/h2,4-5,8-11,14-18,20,23,27,29-30H,3,6-7,12-13,19,21H2,1H3,(H,35,38)/t23-,29-,30-/m1/s1. The van der Waals surface area contributed by atoms with Crippen molar-refractivity contribution in [2.45, 2.75) is 63.6 Å². The van der Waals surface area contributed by atoms with Gasteiger partial charge < -0.3 is 5.32 Å². The third kappa shape index (κ3) is 5.96. The van der Waals surface area contributed by atoms with Crippen molar-refractivity contribution in [2.75, 3.05) is 11.4 Å². The van der Waals surface area contributed by atoms with Gasteiger partial charge in [0.2, 0.25) is 5.91 Å². The molecule has 1 aromatic heterocycles. The number of carbonyl (C=O) groups is 2. The van der Waals surface area contributed by atoms with Crippen LogP contribution in [0, 0.1) is 17.4 Å². The van der Waals surface area contributed by atoms with Gasteiger partial charge in [-0.1, -0.05) is 74.7 Å². The maximum absolute atomic E-state index is 14.4. The van der Waals surface area contributed by atoms with E-state index in [4.69, 9.17) is 0 Å². The molecule has 0 bridgehead atoms. The number of hydrogen-bond donors (Lipinski definition) is 1. The van der Waals surface area contributed by atoms with Crippen molar-refractivity contribution in [3.8, 4) is 17.3 Å². The quantitative estimate of drug-likeness (QED) is 0.417. The van der Waals surface area contributed by atoms with Crippen molar-refractivity contribution in [2.24, 2.45) is 5.92 Å². The van der Waals surface area contributed by atoms with Gasteiger partial charge in [0, 0.05) is 36.2 Å². The molecule has 0 spiro atoms. The number of amides is 2. The Labute approximate surface area is 230 Å². The van der Waals surface area contributed by atoms with Crippen LogP contribution in [0.15, 0.2) is 79.1 Å². The highest BCUT2D eigenvalue weighted by Crippen LogP contribution is 2.34. The Morgan fingerprint density at radius 2 is 1.72 bits per heavy atom. The van der Waals surface area contributed by atoms with Crippen molar-refractivity contribution < 1.29 is 9.59 Å². The Bertz CT molecular complexity index is 1300. The Balaban J connectivity index is 1.56. The first-order valence-corrected chi connectivity index (χ1v) is 13.9. The molecule has 2 fully saturated rings. The molecule has 0 radical (unpaired) electrons. The summed E-state index contributed by atoms with van der Waals surface area (Å²) in [5, 5.41) is 13.1. The largest absolute Gasteiger partial charge is 0.351 e. The lowest BCUT2D eigenvalue weighted by atomic mass is 9.94. The summed E-state index contributed by atoms with van der Waals surface area (Å²) >= 11 is 0. The minimum Gasteiger partial charge on any atom is -0.351 e. The zero-order valence-corrected chi connectivity index (χ0v) is 22.4. The predicted molar refractivity (Wildman–Crippen MR) is 151 cm³/mol. The minimum atomic E-state index is -0.910. The number of rotatable bonds is 7. The summed E-state index contributed by atoms with van der Waals surface area (Å²) in [7, 11) is 0. The lowest BCUT2D eigenvalue weighted by Crippen LogP contribution is -2.51. The molecule has 2 aromatic carbocycles. The average Bonchev–Trinajstić information content (AvgIpc) is 3.37. The maximum atomic E-state index is 14.4. The smallest absolute Gasteiger partial charge is 0.251 e. The van der Waals surface area contributed by atoms with E-state index in [1.165, 1.54) is 6.42 Å². The summed E-state index contributed by atoms with van der Waals surface area (Å²) in [6, 6.07) is 20.0. The fraction of sp³-hybridized carbons (Fsp3) is 0.375. The zero-order chi connectivity index (χ0) is 27.2. The van der Waals surface area contributed by atoms with Crippen LogP contribution in [-0.4, -0.2) is 40.3 Å². The number of nitrogens with zero attached hydrogens (tertiary/aromatic N) is 4. The Morgan fingerprint density at radius 1 is 1.00 bits per heavy atom. The van der Waals surface area contributed by atoms with Crippen LogP contribution in [0.5, 0.6) is 0 Å². The third-order valence-corrected chi connectivity index (χ3v) is 7.87. The Kier molecular flexibility index (Phi) is 8.21. The number of hydrogen-bond acceptors (Lipinski definition) is 5. The van der Waals surface area contributed by atoms with E-state index in [9.17, 15) is 14.9 Å². The van der Waals surface area contributed by atoms with E-state index >= 15 is 0 Å². The van der Waals surface area contributed by atoms with E-state index < -0.39 is 12.1 Å². The summed E-state index contributed by atoms with van der Waals surface area (Å²) in [4.78, 5) is 35.8. The molecule has 2 heterocycles. The zero-order valence-electron chi connectivity index (χ0n) is 22.4. The molecule has 1 saturated heterocycles. The number of carbonyl (C=O) groups excluding carboxylic acids is 2. The Hall–Kier alpha value is -4.18. The van der Waals surface area contributed by atoms with Crippen LogP contribution < -0.4 is 10.2 Å². The molecule has 0 unspecified atom stereocenters. The number of likely N-dealkylation sites (tertiary alicyclic amines) is 1. The normalized spacial score (nSPS) is 20.2. The van der Waals surface area contributed by atoms with Crippen molar-refractivity contribution in [3.05, 3.63) is 84.7 Å². The summed E-state index contributed by atoms with van der Waals surface area (Å²) in [6.07, 6.45) is 11.3. The minimum absolute atomic E-state index is 0.0879. The number of benzene rings is 2. The highest BCUT2D eigenvalue weighted by molar-refractivity contribution is 6.04. The van der Waals surface area contributed by atoms with Crippen molar-refractivity contribution in [1.82, 2.24) is 15.2 Å². The molecular formula is C32H35N5O2. The van der Waals surface area contributed by atoms with Gasteiger partial charge in [-0.2, -0.15) is 5.26 Å². The molecule has 3 aromatic rings. The molecule has 7 nitrogen and oxygen atoms in total. The molecule has 39 heavy (non-hydrogen) atoms. The van der Waals surface area contributed by atoms with Gasteiger partial charge in [0.25, 0.3) is 5.91 Å². The van der Waals surface area contributed by atoms with Crippen LogP contribution in [0.2, 0.25) is 0 Å². The molecule has 1 saturated carbocycles.